The van der Waals surface area contributed by atoms with Gasteiger partial charge in [-0.25, -0.2) is 0 Å². The van der Waals surface area contributed by atoms with E-state index >= 15 is 0 Å². The first kappa shape index (κ1) is 22.4. The third kappa shape index (κ3) is 5.46. The first-order valence-corrected chi connectivity index (χ1v) is 11.0. The van der Waals surface area contributed by atoms with Crippen LogP contribution in [0.2, 0.25) is 5.02 Å². The molecule has 1 heterocycles. The van der Waals surface area contributed by atoms with E-state index in [2.05, 4.69) is 52.8 Å². The van der Waals surface area contributed by atoms with Crippen molar-refractivity contribution >= 4 is 23.2 Å². The highest BCUT2D eigenvalue weighted by Gasteiger charge is 2.32. The van der Waals surface area contributed by atoms with E-state index in [0.717, 1.165) is 31.7 Å². The minimum atomic E-state index is -0.145. The van der Waals surface area contributed by atoms with E-state index in [1.807, 2.05) is 0 Å². The molecule has 0 saturated carbocycles. The van der Waals surface area contributed by atoms with Gasteiger partial charge in [0.05, 0.1) is 23.4 Å². The van der Waals surface area contributed by atoms with E-state index in [4.69, 9.17) is 16.3 Å². The molecular weight excluding hydrogens is 398 g/mol. The molecule has 0 aromatic heterocycles. The monoisotopic (exact) mass is 429 g/mol. The normalized spacial score (nSPS) is 18.9. The van der Waals surface area contributed by atoms with E-state index in [9.17, 15) is 4.79 Å². The van der Waals surface area contributed by atoms with Gasteiger partial charge in [0.25, 0.3) is 5.91 Å². The average molecular weight is 430 g/mol. The van der Waals surface area contributed by atoms with Gasteiger partial charge in [0.1, 0.15) is 5.75 Å². The van der Waals surface area contributed by atoms with Crippen LogP contribution in [0.3, 0.4) is 0 Å². The van der Waals surface area contributed by atoms with Crippen molar-refractivity contribution in [1.82, 2.24) is 10.2 Å². The molecule has 6 heteroatoms. The smallest absolute Gasteiger partial charge is 0.255 e. The lowest BCUT2D eigenvalue weighted by Gasteiger charge is -2.19. The summed E-state index contributed by atoms with van der Waals surface area (Å²) in [5, 5.41) is 6.64. The van der Waals surface area contributed by atoms with Gasteiger partial charge < -0.3 is 15.4 Å². The quantitative estimate of drug-likeness (QED) is 0.608. The lowest BCUT2D eigenvalue weighted by atomic mass is 9.92. The van der Waals surface area contributed by atoms with E-state index in [0.29, 0.717) is 34.7 Å². The number of rotatable bonds is 9. The number of carbonyl (C=O) groups excluding carboxylic acids is 1. The van der Waals surface area contributed by atoms with Crippen molar-refractivity contribution in [3.05, 3.63) is 58.6 Å². The van der Waals surface area contributed by atoms with Gasteiger partial charge >= 0.3 is 0 Å². The number of amides is 1. The van der Waals surface area contributed by atoms with Gasteiger partial charge in [-0.3, -0.25) is 9.69 Å². The molecule has 3 rings (SSSR count). The Bertz CT molecular complexity index is 844. The van der Waals surface area contributed by atoms with Crippen LogP contribution >= 0.6 is 11.6 Å². The minimum Gasteiger partial charge on any atom is -0.496 e. The maximum atomic E-state index is 12.9. The molecule has 5 nitrogen and oxygen atoms in total. The summed E-state index contributed by atoms with van der Waals surface area (Å²) in [6.45, 7) is 5.92. The van der Waals surface area contributed by atoms with Crippen molar-refractivity contribution in [3.8, 4) is 5.75 Å². The molecule has 0 radical (unpaired) electrons. The Labute approximate surface area is 184 Å². The number of nitrogens with zero attached hydrogens (tertiary/aromatic N) is 1. The van der Waals surface area contributed by atoms with E-state index in [1.165, 1.54) is 12.0 Å². The Morgan fingerprint density at radius 2 is 1.93 bits per heavy atom. The fourth-order valence-corrected chi connectivity index (χ4v) is 4.60. The zero-order chi connectivity index (χ0) is 21.5. The van der Waals surface area contributed by atoms with Crippen LogP contribution in [0.15, 0.2) is 42.5 Å². The predicted molar refractivity (Wildman–Crippen MR) is 123 cm³/mol. The lowest BCUT2D eigenvalue weighted by Crippen LogP contribution is -2.33. The maximum absolute atomic E-state index is 12.9. The second-order valence-corrected chi connectivity index (χ2v) is 8.39. The van der Waals surface area contributed by atoms with Gasteiger partial charge in [0.15, 0.2) is 0 Å². The van der Waals surface area contributed by atoms with Crippen LogP contribution in [-0.4, -0.2) is 44.6 Å². The van der Waals surface area contributed by atoms with Gasteiger partial charge in [-0.15, -0.1) is 0 Å². The SMILES string of the molecule is CCC[C@@H]1CN(Cc2ccccc2)C[C@H]1CNC(=O)c1cc(Cl)c(NC)cc1OC. The summed E-state index contributed by atoms with van der Waals surface area (Å²) >= 11 is 6.29. The molecule has 30 heavy (non-hydrogen) atoms. The molecule has 1 saturated heterocycles. The van der Waals surface area contributed by atoms with E-state index < -0.39 is 0 Å². The van der Waals surface area contributed by atoms with Crippen LogP contribution in [0.25, 0.3) is 0 Å². The molecule has 1 aliphatic heterocycles. The van der Waals surface area contributed by atoms with Crippen LogP contribution in [0.1, 0.15) is 35.7 Å². The highest BCUT2D eigenvalue weighted by Crippen LogP contribution is 2.31. The Balaban J connectivity index is 1.64. The number of ether oxygens (including phenoxy) is 1. The highest BCUT2D eigenvalue weighted by molar-refractivity contribution is 6.33. The van der Waals surface area contributed by atoms with Crippen LogP contribution in [-0.2, 0) is 6.54 Å². The van der Waals surface area contributed by atoms with Gasteiger partial charge in [-0.05, 0) is 29.9 Å². The first-order valence-electron chi connectivity index (χ1n) is 10.7. The van der Waals surface area contributed by atoms with Crippen molar-refractivity contribution in [3.63, 3.8) is 0 Å². The second kappa shape index (κ2) is 10.7. The van der Waals surface area contributed by atoms with Gasteiger partial charge in [-0.1, -0.05) is 55.3 Å². The molecule has 0 aliphatic carbocycles. The molecule has 2 atom stereocenters. The molecule has 0 spiro atoms. The second-order valence-electron chi connectivity index (χ2n) is 7.98. The van der Waals surface area contributed by atoms with Gasteiger partial charge in [0.2, 0.25) is 0 Å². The third-order valence-corrected chi connectivity index (χ3v) is 6.20. The summed E-state index contributed by atoms with van der Waals surface area (Å²) in [5.41, 5.74) is 2.54. The number of carbonyl (C=O) groups is 1. The van der Waals surface area contributed by atoms with Crippen molar-refractivity contribution in [2.24, 2.45) is 11.8 Å². The topological polar surface area (TPSA) is 53.6 Å². The Morgan fingerprint density at radius 3 is 2.60 bits per heavy atom. The molecule has 0 bridgehead atoms. The highest BCUT2D eigenvalue weighted by atomic mass is 35.5. The van der Waals surface area contributed by atoms with Gasteiger partial charge in [-0.2, -0.15) is 0 Å². The Morgan fingerprint density at radius 1 is 1.20 bits per heavy atom. The van der Waals surface area contributed by atoms with Crippen molar-refractivity contribution < 1.29 is 9.53 Å². The third-order valence-electron chi connectivity index (χ3n) is 5.89. The van der Waals surface area contributed by atoms with Crippen LogP contribution in [0.4, 0.5) is 5.69 Å². The molecule has 162 valence electrons. The largest absolute Gasteiger partial charge is 0.496 e. The number of hydrogen-bond donors (Lipinski definition) is 2. The van der Waals surface area contributed by atoms with E-state index in [-0.39, 0.29) is 5.91 Å². The number of likely N-dealkylation sites (tertiary alicyclic amines) is 1. The van der Waals surface area contributed by atoms with Crippen molar-refractivity contribution in [1.29, 1.82) is 0 Å². The Hall–Kier alpha value is -2.24. The summed E-state index contributed by atoms with van der Waals surface area (Å²) in [5.74, 6) is 1.41. The fraction of sp³-hybridized carbons (Fsp3) is 0.458. The number of methoxy groups -OCH3 is 1. The van der Waals surface area contributed by atoms with Crippen molar-refractivity contribution in [2.75, 3.05) is 39.1 Å². The molecule has 2 aromatic rings. The molecule has 2 aromatic carbocycles. The molecule has 1 fully saturated rings. The molecule has 1 aliphatic rings. The fourth-order valence-electron chi connectivity index (χ4n) is 4.35. The summed E-state index contributed by atoms with van der Waals surface area (Å²) < 4.78 is 5.41. The van der Waals surface area contributed by atoms with Crippen LogP contribution < -0.4 is 15.4 Å². The summed E-state index contributed by atoms with van der Waals surface area (Å²) in [6.07, 6.45) is 2.33. The number of benzene rings is 2. The summed E-state index contributed by atoms with van der Waals surface area (Å²) in [4.78, 5) is 15.4. The zero-order valence-corrected chi connectivity index (χ0v) is 18.8. The average Bonchev–Trinajstić information content (AvgIpc) is 3.13. The molecular formula is C24H32ClN3O2. The number of nitrogens with one attached hydrogen (secondary N) is 2. The minimum absolute atomic E-state index is 0.145. The summed E-state index contributed by atoms with van der Waals surface area (Å²) in [6, 6.07) is 14.0. The van der Waals surface area contributed by atoms with E-state index in [1.54, 1.807) is 26.3 Å². The summed E-state index contributed by atoms with van der Waals surface area (Å²) in [7, 11) is 3.35. The number of hydrogen-bond acceptors (Lipinski definition) is 4. The Kier molecular flexibility index (Phi) is 8.00. The lowest BCUT2D eigenvalue weighted by molar-refractivity contribution is 0.0941. The molecule has 2 N–H and O–H groups in total. The maximum Gasteiger partial charge on any atom is 0.255 e. The number of anilines is 1. The van der Waals surface area contributed by atoms with Crippen molar-refractivity contribution in [2.45, 2.75) is 26.3 Å². The number of halogens is 1. The first-order chi connectivity index (χ1) is 14.5. The molecule has 1 amide bonds. The van der Waals surface area contributed by atoms with Crippen LogP contribution in [0.5, 0.6) is 5.75 Å². The van der Waals surface area contributed by atoms with Gasteiger partial charge in [0, 0.05) is 39.3 Å². The standard InChI is InChI=1S/C24H32ClN3O2/c1-4-8-18-15-28(14-17-9-6-5-7-10-17)16-19(18)13-27-24(29)20-11-21(25)22(26-2)12-23(20)30-3/h5-7,9-12,18-19,26H,4,8,13-16H2,1-3H3,(H,27,29)/t18-,19-/m1/s1. The zero-order valence-electron chi connectivity index (χ0n) is 18.1. The molecule has 0 unspecified atom stereocenters. The predicted octanol–water partition coefficient (Wildman–Crippen LogP) is 4.67. The van der Waals surface area contributed by atoms with Crippen LogP contribution in [0, 0.1) is 11.8 Å².